The average Bonchev–Trinajstić information content (AvgIpc) is 3.44. The summed E-state index contributed by atoms with van der Waals surface area (Å²) in [6, 6.07) is 16.9. The van der Waals surface area contributed by atoms with Gasteiger partial charge in [-0.25, -0.2) is 0 Å². The number of carboxylic acid groups (broad SMARTS) is 1. The van der Waals surface area contributed by atoms with Crippen LogP contribution in [0.5, 0.6) is 23.0 Å². The molecule has 0 saturated heterocycles. The van der Waals surface area contributed by atoms with Gasteiger partial charge in [0.15, 0.2) is 23.0 Å². The zero-order valence-corrected chi connectivity index (χ0v) is 25.5. The third-order valence-electron chi connectivity index (χ3n) is 8.86. The van der Waals surface area contributed by atoms with E-state index < -0.39 is 11.9 Å². The van der Waals surface area contributed by atoms with Gasteiger partial charge in [-0.2, -0.15) is 0 Å². The number of aliphatic carboxylic acids is 1. The first-order valence-electron chi connectivity index (χ1n) is 15.6. The highest BCUT2D eigenvalue weighted by atomic mass is 16.7. The first-order valence-corrected chi connectivity index (χ1v) is 15.6. The molecule has 2 aromatic carbocycles. The Kier molecular flexibility index (Phi) is 10.6. The Labute approximate surface area is 259 Å². The molecule has 1 fully saturated rings. The van der Waals surface area contributed by atoms with E-state index in [0.717, 1.165) is 30.5 Å². The number of benzene rings is 2. The van der Waals surface area contributed by atoms with E-state index in [-0.39, 0.29) is 30.5 Å². The highest BCUT2D eigenvalue weighted by Gasteiger charge is 2.41. The number of rotatable bonds is 13. The maximum absolute atomic E-state index is 13.8. The molecule has 1 aliphatic carbocycles. The van der Waals surface area contributed by atoms with Crippen LogP contribution in [0.15, 0.2) is 67.0 Å². The largest absolute Gasteiger partial charge is 0.493 e. The van der Waals surface area contributed by atoms with Crippen molar-refractivity contribution >= 4 is 17.6 Å². The smallest absolute Gasteiger partial charge is 0.307 e. The number of ether oxygens (including phenoxy) is 4. The quantitative estimate of drug-likeness (QED) is 0.215. The fraction of sp³-hybridized carbons (Fsp3) is 0.457. The SMILES string of the molecule is CCCCN(C(=O)CC1CC[C@@H](CCOc2ccccc2OC)[C@H](C(=O)O)[C@@H](c2ccc3c(c2)OCO3)C1)c1cccnc1. The van der Waals surface area contributed by atoms with Crippen LogP contribution in [0.4, 0.5) is 5.69 Å². The number of nitrogens with zero attached hydrogens (tertiary/aromatic N) is 2. The monoisotopic (exact) mass is 602 g/mol. The lowest BCUT2D eigenvalue weighted by Crippen LogP contribution is -2.33. The molecule has 1 aliphatic heterocycles. The fourth-order valence-electron chi connectivity index (χ4n) is 6.59. The second kappa shape index (κ2) is 14.9. The topological polar surface area (TPSA) is 107 Å². The number of unbranched alkanes of at least 4 members (excludes halogenated alkanes) is 1. The van der Waals surface area contributed by atoms with E-state index in [0.29, 0.717) is 61.8 Å². The van der Waals surface area contributed by atoms with Crippen LogP contribution in [0, 0.1) is 17.8 Å². The van der Waals surface area contributed by atoms with Gasteiger partial charge in [0, 0.05) is 19.2 Å². The van der Waals surface area contributed by atoms with E-state index in [4.69, 9.17) is 18.9 Å². The number of amides is 1. The number of para-hydroxylation sites is 2. The Morgan fingerprint density at radius 3 is 2.61 bits per heavy atom. The Morgan fingerprint density at radius 2 is 1.86 bits per heavy atom. The summed E-state index contributed by atoms with van der Waals surface area (Å²) in [6.45, 7) is 3.24. The molecule has 2 aliphatic rings. The molecule has 44 heavy (non-hydrogen) atoms. The van der Waals surface area contributed by atoms with Crippen molar-refractivity contribution in [3.05, 3.63) is 72.6 Å². The number of hydrogen-bond donors (Lipinski definition) is 1. The van der Waals surface area contributed by atoms with Gasteiger partial charge in [-0.1, -0.05) is 31.5 Å². The molecule has 0 radical (unpaired) electrons. The maximum Gasteiger partial charge on any atom is 0.307 e. The Bertz CT molecular complexity index is 1400. The van der Waals surface area contributed by atoms with Gasteiger partial charge in [-0.15, -0.1) is 0 Å². The van der Waals surface area contributed by atoms with Gasteiger partial charge in [0.25, 0.3) is 0 Å². The van der Waals surface area contributed by atoms with Crippen LogP contribution in [-0.2, 0) is 9.59 Å². The predicted molar refractivity (Wildman–Crippen MR) is 166 cm³/mol. The number of carboxylic acids is 1. The predicted octanol–water partition coefficient (Wildman–Crippen LogP) is 6.71. The molecule has 1 aromatic heterocycles. The average molecular weight is 603 g/mol. The van der Waals surface area contributed by atoms with Crippen molar-refractivity contribution in [2.45, 2.75) is 57.8 Å². The molecule has 3 aromatic rings. The van der Waals surface area contributed by atoms with E-state index in [1.165, 1.54) is 0 Å². The van der Waals surface area contributed by atoms with E-state index in [1.54, 1.807) is 19.5 Å². The lowest BCUT2D eigenvalue weighted by Gasteiger charge is -2.30. The van der Waals surface area contributed by atoms with Crippen molar-refractivity contribution < 1.29 is 33.6 Å². The van der Waals surface area contributed by atoms with E-state index in [1.807, 2.05) is 59.5 Å². The second-order valence-electron chi connectivity index (χ2n) is 11.6. The molecular weight excluding hydrogens is 560 g/mol. The van der Waals surface area contributed by atoms with Crippen molar-refractivity contribution in [1.29, 1.82) is 0 Å². The van der Waals surface area contributed by atoms with Crippen LogP contribution < -0.4 is 23.8 Å². The molecule has 4 atom stereocenters. The summed E-state index contributed by atoms with van der Waals surface area (Å²) in [5.41, 5.74) is 1.69. The number of pyridine rings is 1. The molecule has 9 heteroatoms. The van der Waals surface area contributed by atoms with Crippen LogP contribution in [0.25, 0.3) is 0 Å². The van der Waals surface area contributed by atoms with Gasteiger partial charge in [0.1, 0.15) is 0 Å². The molecule has 9 nitrogen and oxygen atoms in total. The molecule has 5 rings (SSSR count). The standard InChI is InChI=1S/C35H42N2O7/c1-3-4-17-37(27-8-7-16-36-22-27)33(38)20-24-11-12-25(15-18-42-30-10-6-5-9-29(30)41-2)34(35(39)40)28(19-24)26-13-14-31-32(21-26)44-23-43-31/h5-10,13-14,16,21-22,24-25,28,34H,3-4,11-12,15,17-20,23H2,1-2H3,(H,39,40)/t24?,25-,28+,34-/m0/s1. The van der Waals surface area contributed by atoms with Crippen molar-refractivity contribution in [2.75, 3.05) is 32.0 Å². The summed E-state index contributed by atoms with van der Waals surface area (Å²) in [5.74, 6) is 0.690. The molecule has 0 spiro atoms. The minimum atomic E-state index is -0.832. The number of carbonyl (C=O) groups is 2. The molecule has 2 heterocycles. The summed E-state index contributed by atoms with van der Waals surface area (Å²) < 4.78 is 22.7. The number of fused-ring (bicyclic) bond motifs is 1. The summed E-state index contributed by atoms with van der Waals surface area (Å²) in [5, 5.41) is 10.7. The van der Waals surface area contributed by atoms with Gasteiger partial charge in [-0.3, -0.25) is 14.6 Å². The van der Waals surface area contributed by atoms with E-state index in [2.05, 4.69) is 11.9 Å². The maximum atomic E-state index is 13.8. The number of aromatic nitrogens is 1. The van der Waals surface area contributed by atoms with Crippen molar-refractivity contribution in [3.8, 4) is 23.0 Å². The van der Waals surface area contributed by atoms with Crippen molar-refractivity contribution in [2.24, 2.45) is 17.8 Å². The number of hydrogen-bond acceptors (Lipinski definition) is 7. The number of anilines is 1. The third kappa shape index (κ3) is 7.44. The summed E-state index contributed by atoms with van der Waals surface area (Å²) >= 11 is 0. The van der Waals surface area contributed by atoms with Crippen LogP contribution >= 0.6 is 0 Å². The Balaban J connectivity index is 1.39. The highest BCUT2D eigenvalue weighted by Crippen LogP contribution is 2.47. The van der Waals surface area contributed by atoms with E-state index in [9.17, 15) is 14.7 Å². The van der Waals surface area contributed by atoms with Gasteiger partial charge in [0.2, 0.25) is 12.7 Å². The second-order valence-corrected chi connectivity index (χ2v) is 11.6. The molecule has 0 bridgehead atoms. The van der Waals surface area contributed by atoms with Gasteiger partial charge >= 0.3 is 5.97 Å². The molecule has 1 amide bonds. The molecule has 234 valence electrons. The van der Waals surface area contributed by atoms with Crippen LogP contribution in [0.3, 0.4) is 0 Å². The Morgan fingerprint density at radius 1 is 1.05 bits per heavy atom. The highest BCUT2D eigenvalue weighted by molar-refractivity contribution is 5.93. The lowest BCUT2D eigenvalue weighted by atomic mass is 9.75. The first kappa shape index (κ1) is 31.2. The van der Waals surface area contributed by atoms with E-state index >= 15 is 0 Å². The zero-order chi connectivity index (χ0) is 30.9. The van der Waals surface area contributed by atoms with Crippen molar-refractivity contribution in [1.82, 2.24) is 4.98 Å². The lowest BCUT2D eigenvalue weighted by molar-refractivity contribution is -0.145. The number of methoxy groups -OCH3 is 1. The minimum absolute atomic E-state index is 0.0145. The molecule has 1 unspecified atom stereocenters. The number of carbonyl (C=O) groups excluding carboxylic acids is 1. The third-order valence-corrected chi connectivity index (χ3v) is 8.86. The van der Waals surface area contributed by atoms with Crippen LogP contribution in [0.1, 0.15) is 63.4 Å². The van der Waals surface area contributed by atoms with Crippen molar-refractivity contribution in [3.63, 3.8) is 0 Å². The van der Waals surface area contributed by atoms with Crippen LogP contribution in [-0.4, -0.2) is 49.0 Å². The Hall–Kier alpha value is -4.27. The van der Waals surface area contributed by atoms with Gasteiger partial charge in [-0.05, 0) is 91.8 Å². The molecule has 1 saturated carbocycles. The molecular formula is C35H42N2O7. The summed E-state index contributed by atoms with van der Waals surface area (Å²) in [6.07, 6.45) is 8.23. The normalized spacial score (nSPS) is 20.9. The minimum Gasteiger partial charge on any atom is -0.493 e. The van der Waals surface area contributed by atoms with Crippen LogP contribution in [0.2, 0.25) is 0 Å². The fourth-order valence-corrected chi connectivity index (χ4v) is 6.59. The van der Waals surface area contributed by atoms with Gasteiger partial charge in [0.05, 0.1) is 31.5 Å². The zero-order valence-electron chi connectivity index (χ0n) is 25.5. The summed E-state index contributed by atoms with van der Waals surface area (Å²) in [7, 11) is 1.60. The molecule has 1 N–H and O–H groups in total. The summed E-state index contributed by atoms with van der Waals surface area (Å²) in [4.78, 5) is 32.9. The first-order chi connectivity index (χ1) is 21.5. The van der Waals surface area contributed by atoms with Gasteiger partial charge < -0.3 is 29.0 Å².